The van der Waals surface area contributed by atoms with Crippen molar-refractivity contribution in [3.63, 3.8) is 0 Å². The summed E-state index contributed by atoms with van der Waals surface area (Å²) in [6, 6.07) is 22.6. The maximum atomic E-state index is 13.3. The summed E-state index contributed by atoms with van der Waals surface area (Å²) in [4.78, 5) is 15.1. The molecule has 4 rings (SSSR count). The van der Waals surface area contributed by atoms with Crippen LogP contribution in [0.1, 0.15) is 28.3 Å². The first-order chi connectivity index (χ1) is 15.7. The van der Waals surface area contributed by atoms with Crippen LogP contribution in [0.2, 0.25) is 0 Å². The van der Waals surface area contributed by atoms with Gasteiger partial charge in [-0.05, 0) is 47.4 Å². The molecule has 1 atom stereocenters. The Bertz CT molecular complexity index is 1150. The van der Waals surface area contributed by atoms with Crippen molar-refractivity contribution in [1.29, 1.82) is 5.26 Å². The van der Waals surface area contributed by atoms with Crippen molar-refractivity contribution < 1.29 is 19.0 Å². The van der Waals surface area contributed by atoms with Crippen LogP contribution in [0.25, 0.3) is 0 Å². The molecule has 6 heteroatoms. The van der Waals surface area contributed by atoms with Gasteiger partial charge in [0.15, 0.2) is 18.1 Å². The second-order valence-corrected chi connectivity index (χ2v) is 7.45. The minimum atomic E-state index is -0.276. The number of rotatable bonds is 6. The van der Waals surface area contributed by atoms with Crippen molar-refractivity contribution in [2.75, 3.05) is 27.4 Å². The monoisotopic (exact) mass is 428 g/mol. The molecule has 0 aromatic heterocycles. The number of methoxy groups -OCH3 is 2. The van der Waals surface area contributed by atoms with Crippen LogP contribution in [0, 0.1) is 11.3 Å². The predicted octanol–water partition coefficient (Wildman–Crippen LogP) is 4.13. The minimum absolute atomic E-state index is 0.146. The maximum Gasteiger partial charge on any atom is 0.261 e. The fourth-order valence-corrected chi connectivity index (χ4v) is 4.12. The van der Waals surface area contributed by atoms with E-state index >= 15 is 0 Å². The molecule has 162 valence electrons. The third-order valence-electron chi connectivity index (χ3n) is 5.67. The molecule has 0 saturated heterocycles. The van der Waals surface area contributed by atoms with Crippen LogP contribution in [-0.4, -0.2) is 38.2 Å². The first kappa shape index (κ1) is 21.3. The molecule has 3 aromatic rings. The second kappa shape index (κ2) is 9.44. The molecular weight excluding hydrogens is 404 g/mol. The molecule has 0 spiro atoms. The van der Waals surface area contributed by atoms with Gasteiger partial charge in [0.05, 0.1) is 25.8 Å². The van der Waals surface area contributed by atoms with Gasteiger partial charge in [0.1, 0.15) is 11.8 Å². The number of benzene rings is 3. The van der Waals surface area contributed by atoms with Crippen molar-refractivity contribution in [3.8, 4) is 23.3 Å². The average Bonchev–Trinajstić information content (AvgIpc) is 2.86. The summed E-state index contributed by atoms with van der Waals surface area (Å²) in [5, 5.41) is 9.28. The number of amides is 1. The summed E-state index contributed by atoms with van der Waals surface area (Å²) < 4.78 is 16.7. The molecule has 6 nitrogen and oxygen atoms in total. The maximum absolute atomic E-state index is 13.3. The number of para-hydroxylation sites is 1. The zero-order valence-electron chi connectivity index (χ0n) is 18.1. The Morgan fingerprint density at radius 1 is 1.00 bits per heavy atom. The number of carbonyl (C=O) groups is 1. The minimum Gasteiger partial charge on any atom is -0.493 e. The molecular formula is C26H24N2O4. The summed E-state index contributed by atoms with van der Waals surface area (Å²) >= 11 is 0. The van der Waals surface area contributed by atoms with Gasteiger partial charge in [-0.15, -0.1) is 0 Å². The van der Waals surface area contributed by atoms with Crippen molar-refractivity contribution >= 4 is 5.91 Å². The number of hydrogen-bond donors (Lipinski definition) is 0. The molecule has 0 radical (unpaired) electrons. The van der Waals surface area contributed by atoms with E-state index in [0.717, 1.165) is 16.7 Å². The molecule has 0 aliphatic carbocycles. The fourth-order valence-electron chi connectivity index (χ4n) is 4.12. The first-order valence-corrected chi connectivity index (χ1v) is 10.4. The van der Waals surface area contributed by atoms with Crippen LogP contribution in [0.15, 0.2) is 66.7 Å². The van der Waals surface area contributed by atoms with Gasteiger partial charge in [-0.2, -0.15) is 5.26 Å². The summed E-state index contributed by atoms with van der Waals surface area (Å²) in [6.45, 7) is 0.398. The van der Waals surface area contributed by atoms with E-state index in [9.17, 15) is 10.1 Å². The fraction of sp³-hybridized carbons (Fsp3) is 0.231. The predicted molar refractivity (Wildman–Crippen MR) is 120 cm³/mol. The van der Waals surface area contributed by atoms with E-state index in [0.29, 0.717) is 35.8 Å². The van der Waals surface area contributed by atoms with Crippen LogP contribution in [0.5, 0.6) is 17.2 Å². The summed E-state index contributed by atoms with van der Waals surface area (Å²) in [5.41, 5.74) is 3.54. The Kier molecular flexibility index (Phi) is 6.27. The lowest BCUT2D eigenvalue weighted by atomic mass is 9.87. The van der Waals surface area contributed by atoms with Gasteiger partial charge in [-0.3, -0.25) is 4.79 Å². The van der Waals surface area contributed by atoms with Crippen LogP contribution < -0.4 is 14.2 Å². The van der Waals surface area contributed by atoms with Gasteiger partial charge >= 0.3 is 0 Å². The van der Waals surface area contributed by atoms with E-state index in [4.69, 9.17) is 14.2 Å². The van der Waals surface area contributed by atoms with Crippen LogP contribution in [0.4, 0.5) is 0 Å². The van der Waals surface area contributed by atoms with E-state index < -0.39 is 0 Å². The normalized spacial score (nSPS) is 14.8. The Morgan fingerprint density at radius 3 is 2.41 bits per heavy atom. The Hall–Kier alpha value is -3.98. The van der Waals surface area contributed by atoms with Crippen LogP contribution >= 0.6 is 0 Å². The standard InChI is InChI=1S/C26H24N2O4/c1-30-23-14-19-12-13-28(25(29)17-32-22-11-7-6-10-20(22)16-27)26(18-8-4-3-5-9-18)21(19)15-24(23)31-2/h3-11,14-15,26H,12-13,17H2,1-2H3. The lowest BCUT2D eigenvalue weighted by Gasteiger charge is -2.38. The second-order valence-electron chi connectivity index (χ2n) is 7.45. The largest absolute Gasteiger partial charge is 0.493 e. The van der Waals surface area contributed by atoms with E-state index in [2.05, 4.69) is 6.07 Å². The van der Waals surface area contributed by atoms with Crippen molar-refractivity contribution in [1.82, 2.24) is 4.90 Å². The Balaban J connectivity index is 1.67. The van der Waals surface area contributed by atoms with Gasteiger partial charge < -0.3 is 19.1 Å². The van der Waals surface area contributed by atoms with E-state index in [-0.39, 0.29) is 18.6 Å². The topological polar surface area (TPSA) is 71.8 Å². The molecule has 1 unspecified atom stereocenters. The number of ether oxygens (including phenoxy) is 3. The number of nitrogens with zero attached hydrogens (tertiary/aromatic N) is 2. The molecule has 1 aliphatic rings. The molecule has 0 bridgehead atoms. The summed E-state index contributed by atoms with van der Waals surface area (Å²) in [5.74, 6) is 1.56. The van der Waals surface area contributed by atoms with Crippen LogP contribution in [-0.2, 0) is 11.2 Å². The van der Waals surface area contributed by atoms with Gasteiger partial charge in [-0.25, -0.2) is 0 Å². The molecule has 0 N–H and O–H groups in total. The summed E-state index contributed by atoms with van der Waals surface area (Å²) in [6.07, 6.45) is 0.694. The molecule has 1 heterocycles. The Labute approximate surface area is 187 Å². The number of fused-ring (bicyclic) bond motifs is 1. The highest BCUT2D eigenvalue weighted by Gasteiger charge is 2.33. The van der Waals surface area contributed by atoms with Gasteiger partial charge in [0.2, 0.25) is 0 Å². The van der Waals surface area contributed by atoms with Gasteiger partial charge in [-0.1, -0.05) is 42.5 Å². The Morgan fingerprint density at radius 2 is 1.69 bits per heavy atom. The highest BCUT2D eigenvalue weighted by Crippen LogP contribution is 2.41. The SMILES string of the molecule is COc1cc2c(cc1OC)C(c1ccccc1)N(C(=O)COc1ccccc1C#N)CC2. The van der Waals surface area contributed by atoms with Crippen molar-refractivity contribution in [2.45, 2.75) is 12.5 Å². The van der Waals surface area contributed by atoms with Crippen LogP contribution in [0.3, 0.4) is 0 Å². The summed E-state index contributed by atoms with van der Waals surface area (Å²) in [7, 11) is 3.22. The number of hydrogen-bond acceptors (Lipinski definition) is 5. The lowest BCUT2D eigenvalue weighted by Crippen LogP contribution is -2.43. The smallest absolute Gasteiger partial charge is 0.261 e. The molecule has 0 fully saturated rings. The van der Waals surface area contributed by atoms with Crippen molar-refractivity contribution in [3.05, 3.63) is 89.0 Å². The van der Waals surface area contributed by atoms with Crippen molar-refractivity contribution in [2.24, 2.45) is 0 Å². The lowest BCUT2D eigenvalue weighted by molar-refractivity contribution is -0.135. The van der Waals surface area contributed by atoms with E-state index in [1.54, 1.807) is 38.5 Å². The van der Waals surface area contributed by atoms with Gasteiger partial charge in [0.25, 0.3) is 5.91 Å². The number of carbonyl (C=O) groups excluding carboxylic acids is 1. The molecule has 32 heavy (non-hydrogen) atoms. The van der Waals surface area contributed by atoms with E-state index in [1.165, 1.54) is 0 Å². The molecule has 1 amide bonds. The average molecular weight is 428 g/mol. The quantitative estimate of drug-likeness (QED) is 0.590. The first-order valence-electron chi connectivity index (χ1n) is 10.4. The van der Waals surface area contributed by atoms with E-state index in [1.807, 2.05) is 47.4 Å². The third kappa shape index (κ3) is 4.10. The molecule has 1 aliphatic heterocycles. The van der Waals surface area contributed by atoms with Gasteiger partial charge in [0, 0.05) is 6.54 Å². The zero-order chi connectivity index (χ0) is 22.5. The highest BCUT2D eigenvalue weighted by molar-refractivity contribution is 5.79. The highest BCUT2D eigenvalue weighted by atomic mass is 16.5. The molecule has 0 saturated carbocycles. The third-order valence-corrected chi connectivity index (χ3v) is 5.67. The molecule has 3 aromatic carbocycles. The zero-order valence-corrected chi connectivity index (χ0v) is 18.1. The number of nitriles is 1.